The number of amides is 1. The van der Waals surface area contributed by atoms with Crippen molar-refractivity contribution >= 4 is 17.5 Å². The standard InChI is InChI=1S/C23H31NO3/c25-21(16-8-7-12-18-10-3-1-4-11-18)20-15-9-17-24(20)23(27)22(26)19-13-5-2-6-14-19/h1,3-4,10-11,19-20H,2,5-9,12-17H2/t20-/m0/s1. The molecule has 1 atom stereocenters. The number of carbonyl (C=O) groups is 3. The predicted octanol–water partition coefficient (Wildman–Crippen LogP) is 4.11. The van der Waals surface area contributed by atoms with Gasteiger partial charge in [-0.15, -0.1) is 0 Å². The molecule has 146 valence electrons. The molecule has 2 fully saturated rings. The van der Waals surface area contributed by atoms with E-state index in [9.17, 15) is 14.4 Å². The lowest BCUT2D eigenvalue weighted by atomic mass is 9.85. The van der Waals surface area contributed by atoms with Gasteiger partial charge in [0, 0.05) is 18.9 Å². The van der Waals surface area contributed by atoms with E-state index >= 15 is 0 Å². The van der Waals surface area contributed by atoms with Gasteiger partial charge in [-0.1, -0.05) is 49.6 Å². The van der Waals surface area contributed by atoms with Crippen LogP contribution in [0, 0.1) is 5.92 Å². The van der Waals surface area contributed by atoms with Crippen LogP contribution in [0.15, 0.2) is 30.3 Å². The van der Waals surface area contributed by atoms with E-state index in [1.807, 2.05) is 18.2 Å². The van der Waals surface area contributed by atoms with Gasteiger partial charge in [0.1, 0.15) is 0 Å². The van der Waals surface area contributed by atoms with E-state index in [0.29, 0.717) is 19.4 Å². The number of ketones is 2. The summed E-state index contributed by atoms with van der Waals surface area (Å²) < 4.78 is 0. The van der Waals surface area contributed by atoms with Crippen LogP contribution >= 0.6 is 0 Å². The number of rotatable bonds is 8. The number of hydrogen-bond donors (Lipinski definition) is 0. The molecule has 0 radical (unpaired) electrons. The largest absolute Gasteiger partial charge is 0.326 e. The Balaban J connectivity index is 1.47. The third kappa shape index (κ3) is 5.27. The first kappa shape index (κ1) is 19.8. The van der Waals surface area contributed by atoms with Gasteiger partial charge in [-0.25, -0.2) is 0 Å². The highest BCUT2D eigenvalue weighted by molar-refractivity contribution is 6.37. The Morgan fingerprint density at radius 3 is 2.37 bits per heavy atom. The monoisotopic (exact) mass is 369 g/mol. The third-order valence-electron chi connectivity index (χ3n) is 6.05. The molecular formula is C23H31NO3. The molecule has 1 saturated carbocycles. The summed E-state index contributed by atoms with van der Waals surface area (Å²) in [5.41, 5.74) is 1.29. The summed E-state index contributed by atoms with van der Waals surface area (Å²) in [5, 5.41) is 0. The first-order valence-corrected chi connectivity index (χ1v) is 10.6. The molecule has 1 aliphatic carbocycles. The van der Waals surface area contributed by atoms with E-state index in [-0.39, 0.29) is 23.5 Å². The molecule has 0 unspecified atom stereocenters. The maximum atomic E-state index is 12.7. The summed E-state index contributed by atoms with van der Waals surface area (Å²) in [5.74, 6) is -0.639. The number of benzene rings is 1. The lowest BCUT2D eigenvalue weighted by Crippen LogP contribution is -2.45. The molecule has 27 heavy (non-hydrogen) atoms. The van der Waals surface area contributed by atoms with Crippen LogP contribution in [0.3, 0.4) is 0 Å². The van der Waals surface area contributed by atoms with Crippen molar-refractivity contribution in [3.63, 3.8) is 0 Å². The SMILES string of the molecule is O=C(C(=O)N1CCC[C@H]1C(=O)CCCCc1ccccc1)C1CCCCC1. The fourth-order valence-corrected chi connectivity index (χ4v) is 4.47. The molecule has 0 spiro atoms. The molecule has 1 aliphatic heterocycles. The normalized spacial score (nSPS) is 20.6. The van der Waals surface area contributed by atoms with E-state index < -0.39 is 5.91 Å². The molecule has 1 aromatic carbocycles. The van der Waals surface area contributed by atoms with Crippen LogP contribution in [-0.2, 0) is 20.8 Å². The van der Waals surface area contributed by atoms with Gasteiger partial charge in [0.05, 0.1) is 6.04 Å². The van der Waals surface area contributed by atoms with Crippen molar-refractivity contribution in [2.45, 2.75) is 76.7 Å². The first-order valence-electron chi connectivity index (χ1n) is 10.6. The Kier molecular flexibility index (Phi) is 7.19. The van der Waals surface area contributed by atoms with Gasteiger partial charge >= 0.3 is 0 Å². The van der Waals surface area contributed by atoms with Crippen LogP contribution in [0.1, 0.15) is 69.8 Å². The predicted molar refractivity (Wildman–Crippen MR) is 105 cm³/mol. The summed E-state index contributed by atoms with van der Waals surface area (Å²) in [6.45, 7) is 0.553. The van der Waals surface area contributed by atoms with Crippen molar-refractivity contribution < 1.29 is 14.4 Å². The first-order chi connectivity index (χ1) is 13.2. The molecule has 2 aliphatic rings. The quantitative estimate of drug-likeness (QED) is 0.512. The van der Waals surface area contributed by atoms with Gasteiger partial charge in [-0.2, -0.15) is 0 Å². The number of aryl methyl sites for hydroxylation is 1. The van der Waals surface area contributed by atoms with Crippen LogP contribution in [0.5, 0.6) is 0 Å². The number of carbonyl (C=O) groups excluding carboxylic acids is 3. The molecule has 0 N–H and O–H groups in total. The Labute approximate surface area is 162 Å². The van der Waals surface area contributed by atoms with Gasteiger partial charge in [0.15, 0.2) is 5.78 Å². The Hall–Kier alpha value is -1.97. The van der Waals surface area contributed by atoms with E-state index in [1.165, 1.54) is 5.56 Å². The molecule has 1 amide bonds. The van der Waals surface area contributed by atoms with Crippen molar-refractivity contribution in [1.29, 1.82) is 0 Å². The van der Waals surface area contributed by atoms with Crippen molar-refractivity contribution in [3.8, 4) is 0 Å². The molecule has 3 rings (SSSR count). The molecule has 1 saturated heterocycles. The molecule has 1 heterocycles. The second kappa shape index (κ2) is 9.82. The zero-order valence-corrected chi connectivity index (χ0v) is 16.2. The summed E-state index contributed by atoms with van der Waals surface area (Å²) in [6, 6.07) is 9.92. The fourth-order valence-electron chi connectivity index (χ4n) is 4.47. The van der Waals surface area contributed by atoms with E-state index in [2.05, 4.69) is 12.1 Å². The lowest BCUT2D eigenvalue weighted by molar-refractivity contribution is -0.149. The van der Waals surface area contributed by atoms with E-state index in [4.69, 9.17) is 0 Å². The summed E-state index contributed by atoms with van der Waals surface area (Å²) in [4.78, 5) is 39.5. The van der Waals surface area contributed by atoms with Crippen LogP contribution in [0.2, 0.25) is 0 Å². The molecule has 0 bridgehead atoms. The van der Waals surface area contributed by atoms with E-state index in [1.54, 1.807) is 4.90 Å². The summed E-state index contributed by atoms with van der Waals surface area (Å²) in [6.07, 6.45) is 9.70. The highest BCUT2D eigenvalue weighted by Gasteiger charge is 2.38. The molecule has 1 aromatic rings. The minimum Gasteiger partial charge on any atom is -0.326 e. The Morgan fingerprint density at radius 1 is 0.889 bits per heavy atom. The number of hydrogen-bond acceptors (Lipinski definition) is 3. The Morgan fingerprint density at radius 2 is 1.63 bits per heavy atom. The smallest absolute Gasteiger partial charge is 0.290 e. The molecular weight excluding hydrogens is 338 g/mol. The second-order valence-electron chi connectivity index (χ2n) is 8.01. The highest BCUT2D eigenvalue weighted by atomic mass is 16.2. The van der Waals surface area contributed by atoms with Crippen LogP contribution in [0.4, 0.5) is 0 Å². The van der Waals surface area contributed by atoms with Crippen LogP contribution in [-0.4, -0.2) is 35.0 Å². The zero-order valence-electron chi connectivity index (χ0n) is 16.2. The van der Waals surface area contributed by atoms with Gasteiger partial charge in [-0.3, -0.25) is 14.4 Å². The van der Waals surface area contributed by atoms with Crippen LogP contribution < -0.4 is 0 Å². The van der Waals surface area contributed by atoms with Crippen molar-refractivity contribution in [2.75, 3.05) is 6.54 Å². The fraction of sp³-hybridized carbons (Fsp3) is 0.609. The third-order valence-corrected chi connectivity index (χ3v) is 6.05. The minimum atomic E-state index is -0.401. The minimum absolute atomic E-state index is 0.117. The number of unbranched alkanes of at least 4 members (excludes halogenated alkanes) is 1. The average molecular weight is 370 g/mol. The highest BCUT2D eigenvalue weighted by Crippen LogP contribution is 2.27. The maximum Gasteiger partial charge on any atom is 0.290 e. The summed E-state index contributed by atoms with van der Waals surface area (Å²) >= 11 is 0. The molecule has 4 nitrogen and oxygen atoms in total. The van der Waals surface area contributed by atoms with Gasteiger partial charge < -0.3 is 4.90 Å². The van der Waals surface area contributed by atoms with Gasteiger partial charge in [-0.05, 0) is 50.5 Å². The van der Waals surface area contributed by atoms with Gasteiger partial charge in [0.25, 0.3) is 5.91 Å². The van der Waals surface area contributed by atoms with Gasteiger partial charge in [0.2, 0.25) is 5.78 Å². The van der Waals surface area contributed by atoms with Crippen LogP contribution in [0.25, 0.3) is 0 Å². The summed E-state index contributed by atoms with van der Waals surface area (Å²) in [7, 11) is 0. The van der Waals surface area contributed by atoms with Crippen molar-refractivity contribution in [2.24, 2.45) is 5.92 Å². The second-order valence-corrected chi connectivity index (χ2v) is 8.01. The molecule has 0 aromatic heterocycles. The van der Waals surface area contributed by atoms with Crippen molar-refractivity contribution in [3.05, 3.63) is 35.9 Å². The Bertz CT molecular complexity index is 649. The molecule has 4 heteroatoms. The number of nitrogens with zero attached hydrogens (tertiary/aromatic N) is 1. The topological polar surface area (TPSA) is 54.5 Å². The zero-order chi connectivity index (χ0) is 19.1. The maximum absolute atomic E-state index is 12.7. The van der Waals surface area contributed by atoms with Crippen molar-refractivity contribution in [1.82, 2.24) is 4.90 Å². The average Bonchev–Trinajstić information content (AvgIpc) is 3.21. The number of likely N-dealkylation sites (tertiary alicyclic amines) is 1. The van der Waals surface area contributed by atoms with E-state index in [0.717, 1.165) is 57.8 Å². The number of Topliss-reactive ketones (excluding diaryl/α,β-unsaturated/α-hetero) is 2. The lowest BCUT2D eigenvalue weighted by Gasteiger charge is -2.26.